The van der Waals surface area contributed by atoms with E-state index in [0.29, 0.717) is 12.3 Å². The molecule has 0 saturated carbocycles. The molecule has 1 unspecified atom stereocenters. The number of carboxylic acid groups (broad SMARTS) is 1. The average molecular weight is 277 g/mol. The lowest BCUT2D eigenvalue weighted by Crippen LogP contribution is -2.44. The SMILES string of the molecule is CC(C)(C(=O)O)C1CCCN(Cc2ccccc2O)C1. The normalized spacial score (nSPS) is 20.8. The molecule has 1 atom stereocenters. The molecule has 1 aromatic carbocycles. The van der Waals surface area contributed by atoms with E-state index < -0.39 is 11.4 Å². The number of hydrogen-bond acceptors (Lipinski definition) is 3. The Kier molecular flexibility index (Phi) is 4.33. The number of para-hydroxylation sites is 1. The largest absolute Gasteiger partial charge is 0.508 e. The van der Waals surface area contributed by atoms with Crippen LogP contribution in [0.3, 0.4) is 0 Å². The lowest BCUT2D eigenvalue weighted by atomic mass is 9.74. The van der Waals surface area contributed by atoms with E-state index in [1.165, 1.54) is 0 Å². The van der Waals surface area contributed by atoms with Gasteiger partial charge in [-0.05, 0) is 45.2 Å². The summed E-state index contributed by atoms with van der Waals surface area (Å²) >= 11 is 0. The van der Waals surface area contributed by atoms with Gasteiger partial charge in [-0.3, -0.25) is 9.69 Å². The summed E-state index contributed by atoms with van der Waals surface area (Å²) < 4.78 is 0. The van der Waals surface area contributed by atoms with E-state index in [4.69, 9.17) is 0 Å². The molecule has 4 nitrogen and oxygen atoms in total. The lowest BCUT2D eigenvalue weighted by Gasteiger charge is -2.39. The Hall–Kier alpha value is -1.55. The molecule has 20 heavy (non-hydrogen) atoms. The first-order valence-corrected chi connectivity index (χ1v) is 7.14. The highest BCUT2D eigenvalue weighted by molar-refractivity contribution is 5.74. The average Bonchev–Trinajstić information content (AvgIpc) is 2.41. The molecule has 0 aliphatic carbocycles. The zero-order valence-electron chi connectivity index (χ0n) is 12.2. The van der Waals surface area contributed by atoms with Gasteiger partial charge in [0.15, 0.2) is 0 Å². The van der Waals surface area contributed by atoms with Crippen molar-refractivity contribution in [1.29, 1.82) is 0 Å². The summed E-state index contributed by atoms with van der Waals surface area (Å²) in [5, 5.41) is 19.2. The molecule has 0 bridgehead atoms. The summed E-state index contributed by atoms with van der Waals surface area (Å²) in [7, 11) is 0. The molecule has 1 saturated heterocycles. The first kappa shape index (κ1) is 14.9. The summed E-state index contributed by atoms with van der Waals surface area (Å²) in [5.74, 6) is -0.265. The number of carbonyl (C=O) groups is 1. The van der Waals surface area contributed by atoms with E-state index in [1.807, 2.05) is 32.0 Å². The van der Waals surface area contributed by atoms with Crippen LogP contribution >= 0.6 is 0 Å². The molecular weight excluding hydrogens is 254 g/mol. The number of nitrogens with zero attached hydrogens (tertiary/aromatic N) is 1. The minimum absolute atomic E-state index is 0.152. The molecule has 2 N–H and O–H groups in total. The molecule has 1 aliphatic heterocycles. The summed E-state index contributed by atoms with van der Waals surface area (Å²) in [6.45, 7) is 6.03. The van der Waals surface area contributed by atoms with Crippen LogP contribution in [-0.4, -0.2) is 34.2 Å². The summed E-state index contributed by atoms with van der Waals surface area (Å²) in [6, 6.07) is 7.34. The maximum Gasteiger partial charge on any atom is 0.309 e. The van der Waals surface area contributed by atoms with Crippen LogP contribution in [0.4, 0.5) is 0 Å². The van der Waals surface area contributed by atoms with Gasteiger partial charge in [-0.15, -0.1) is 0 Å². The number of piperidine rings is 1. The molecule has 110 valence electrons. The van der Waals surface area contributed by atoms with Gasteiger partial charge in [0, 0.05) is 18.7 Å². The van der Waals surface area contributed by atoms with Gasteiger partial charge in [0.2, 0.25) is 0 Å². The Balaban J connectivity index is 2.04. The monoisotopic (exact) mass is 277 g/mol. The number of hydrogen-bond donors (Lipinski definition) is 2. The Labute approximate surface area is 120 Å². The van der Waals surface area contributed by atoms with Gasteiger partial charge in [0.05, 0.1) is 5.41 Å². The minimum atomic E-state index is -0.730. The Morgan fingerprint density at radius 1 is 1.40 bits per heavy atom. The lowest BCUT2D eigenvalue weighted by molar-refractivity contribution is -0.151. The van der Waals surface area contributed by atoms with Gasteiger partial charge in [-0.25, -0.2) is 0 Å². The third kappa shape index (κ3) is 3.12. The molecule has 2 rings (SSSR count). The number of aliphatic carboxylic acids is 1. The van der Waals surface area contributed by atoms with Crippen LogP contribution in [0.1, 0.15) is 32.3 Å². The Morgan fingerprint density at radius 2 is 2.10 bits per heavy atom. The van der Waals surface area contributed by atoms with Crippen LogP contribution in [0.2, 0.25) is 0 Å². The van der Waals surface area contributed by atoms with E-state index in [0.717, 1.165) is 31.5 Å². The van der Waals surface area contributed by atoms with Gasteiger partial charge >= 0.3 is 5.97 Å². The smallest absolute Gasteiger partial charge is 0.309 e. The fraction of sp³-hybridized carbons (Fsp3) is 0.562. The summed E-state index contributed by atoms with van der Waals surface area (Å²) in [4.78, 5) is 13.6. The van der Waals surface area contributed by atoms with Crippen molar-refractivity contribution in [3.8, 4) is 5.75 Å². The zero-order valence-corrected chi connectivity index (χ0v) is 12.2. The number of phenols is 1. The van der Waals surface area contributed by atoms with Crippen molar-refractivity contribution in [2.45, 2.75) is 33.2 Å². The van der Waals surface area contributed by atoms with Gasteiger partial charge < -0.3 is 10.2 Å². The predicted molar refractivity (Wildman–Crippen MR) is 77.5 cm³/mol. The van der Waals surface area contributed by atoms with Crippen LogP contribution in [0.5, 0.6) is 5.75 Å². The van der Waals surface area contributed by atoms with Crippen molar-refractivity contribution < 1.29 is 15.0 Å². The number of carboxylic acids is 1. The minimum Gasteiger partial charge on any atom is -0.508 e. The fourth-order valence-corrected chi connectivity index (χ4v) is 2.85. The van der Waals surface area contributed by atoms with E-state index in [2.05, 4.69) is 4.90 Å². The molecule has 0 amide bonds. The molecule has 1 fully saturated rings. The Bertz CT molecular complexity index is 484. The second-order valence-electron chi connectivity index (χ2n) is 6.23. The van der Waals surface area contributed by atoms with E-state index >= 15 is 0 Å². The number of phenolic OH excluding ortho intramolecular Hbond substituents is 1. The Morgan fingerprint density at radius 3 is 2.75 bits per heavy atom. The van der Waals surface area contributed by atoms with Crippen molar-refractivity contribution in [2.24, 2.45) is 11.3 Å². The van der Waals surface area contributed by atoms with Gasteiger partial charge in [0.25, 0.3) is 0 Å². The second-order valence-corrected chi connectivity index (χ2v) is 6.23. The summed E-state index contributed by atoms with van der Waals surface area (Å²) in [6.07, 6.45) is 1.96. The van der Waals surface area contributed by atoms with Crippen molar-refractivity contribution in [2.75, 3.05) is 13.1 Å². The topological polar surface area (TPSA) is 60.8 Å². The molecule has 0 spiro atoms. The molecular formula is C16H23NO3. The first-order chi connectivity index (χ1) is 9.41. The predicted octanol–water partition coefficient (Wildman–Crippen LogP) is 2.72. The molecule has 1 aliphatic rings. The van der Waals surface area contributed by atoms with E-state index in [1.54, 1.807) is 6.07 Å². The number of rotatable bonds is 4. The first-order valence-electron chi connectivity index (χ1n) is 7.14. The quantitative estimate of drug-likeness (QED) is 0.888. The highest BCUT2D eigenvalue weighted by Crippen LogP contribution is 2.35. The van der Waals surface area contributed by atoms with Crippen LogP contribution in [-0.2, 0) is 11.3 Å². The van der Waals surface area contributed by atoms with Crippen molar-refractivity contribution in [3.05, 3.63) is 29.8 Å². The fourth-order valence-electron chi connectivity index (χ4n) is 2.85. The van der Waals surface area contributed by atoms with Crippen LogP contribution in [0.25, 0.3) is 0 Å². The van der Waals surface area contributed by atoms with Crippen molar-refractivity contribution in [1.82, 2.24) is 4.90 Å². The highest BCUT2D eigenvalue weighted by Gasteiger charge is 2.39. The van der Waals surface area contributed by atoms with Crippen LogP contribution in [0, 0.1) is 11.3 Å². The second kappa shape index (κ2) is 5.83. The van der Waals surface area contributed by atoms with Crippen molar-refractivity contribution >= 4 is 5.97 Å². The third-order valence-electron chi connectivity index (χ3n) is 4.46. The van der Waals surface area contributed by atoms with Crippen LogP contribution < -0.4 is 0 Å². The summed E-state index contributed by atoms with van der Waals surface area (Å²) in [5.41, 5.74) is 0.207. The zero-order chi connectivity index (χ0) is 14.8. The number of benzene rings is 1. The molecule has 0 radical (unpaired) electrons. The van der Waals surface area contributed by atoms with Gasteiger partial charge in [-0.2, -0.15) is 0 Å². The molecule has 4 heteroatoms. The van der Waals surface area contributed by atoms with E-state index in [9.17, 15) is 15.0 Å². The number of aromatic hydroxyl groups is 1. The van der Waals surface area contributed by atoms with Crippen molar-refractivity contribution in [3.63, 3.8) is 0 Å². The van der Waals surface area contributed by atoms with E-state index in [-0.39, 0.29) is 5.92 Å². The number of likely N-dealkylation sites (tertiary alicyclic amines) is 1. The maximum atomic E-state index is 11.4. The standard InChI is InChI=1S/C16H23NO3/c1-16(2,15(19)20)13-7-5-9-17(11-13)10-12-6-3-4-8-14(12)18/h3-4,6,8,13,18H,5,7,9-11H2,1-2H3,(H,19,20). The highest BCUT2D eigenvalue weighted by atomic mass is 16.4. The van der Waals surface area contributed by atoms with Gasteiger partial charge in [0.1, 0.15) is 5.75 Å². The van der Waals surface area contributed by atoms with Gasteiger partial charge in [-0.1, -0.05) is 18.2 Å². The molecule has 0 aromatic heterocycles. The molecule has 1 aromatic rings. The van der Waals surface area contributed by atoms with Crippen LogP contribution in [0.15, 0.2) is 24.3 Å². The third-order valence-corrected chi connectivity index (χ3v) is 4.46. The molecule has 1 heterocycles. The maximum absolute atomic E-state index is 11.4.